The third-order valence-electron chi connectivity index (χ3n) is 2.99. The first-order chi connectivity index (χ1) is 6.72. The molecule has 0 aliphatic carbocycles. The Labute approximate surface area is 85.1 Å². The fraction of sp³-hybridized carbons (Fsp3) is 0.727. The van der Waals surface area contributed by atoms with Gasteiger partial charge in [-0.3, -0.25) is 0 Å². The minimum atomic E-state index is 0.686. The van der Waals surface area contributed by atoms with Crippen molar-refractivity contribution in [3.63, 3.8) is 0 Å². The number of aromatic nitrogens is 2. The summed E-state index contributed by atoms with van der Waals surface area (Å²) in [4.78, 5) is 4.59. The van der Waals surface area contributed by atoms with Crippen molar-refractivity contribution in [3.05, 3.63) is 17.2 Å². The highest BCUT2D eigenvalue weighted by Crippen LogP contribution is 2.23. The van der Waals surface area contributed by atoms with Crippen molar-refractivity contribution in [1.82, 2.24) is 9.55 Å². The number of hydrogen-bond donors (Lipinski definition) is 0. The van der Waals surface area contributed by atoms with E-state index in [0.717, 1.165) is 24.6 Å². The number of ether oxygens (including phenoxy) is 1. The quantitative estimate of drug-likeness (QED) is 0.719. The van der Waals surface area contributed by atoms with Gasteiger partial charge in [0.1, 0.15) is 5.82 Å². The number of methoxy groups -OCH3 is 1. The molecule has 0 saturated carbocycles. The Hall–Kier alpha value is -0.830. The van der Waals surface area contributed by atoms with Gasteiger partial charge < -0.3 is 9.30 Å². The second-order valence-corrected chi connectivity index (χ2v) is 4.25. The lowest BCUT2D eigenvalue weighted by Gasteiger charge is -2.21. The van der Waals surface area contributed by atoms with Crippen molar-refractivity contribution >= 4 is 0 Å². The van der Waals surface area contributed by atoms with Crippen molar-refractivity contribution in [2.24, 2.45) is 5.92 Å². The van der Waals surface area contributed by atoms with Crippen molar-refractivity contribution in [3.8, 4) is 0 Å². The number of aryl methyl sites for hydroxylation is 2. The zero-order valence-electron chi connectivity index (χ0n) is 9.21. The van der Waals surface area contributed by atoms with E-state index in [0.29, 0.717) is 6.61 Å². The molecule has 3 nitrogen and oxygen atoms in total. The molecule has 78 valence electrons. The number of imidazole rings is 1. The van der Waals surface area contributed by atoms with Gasteiger partial charge in [-0.05, 0) is 19.3 Å². The van der Waals surface area contributed by atoms with Gasteiger partial charge in [-0.15, -0.1) is 0 Å². The first-order valence-corrected chi connectivity index (χ1v) is 5.26. The molecule has 0 spiro atoms. The van der Waals surface area contributed by atoms with Crippen LogP contribution >= 0.6 is 0 Å². The molecule has 1 aromatic rings. The summed E-state index contributed by atoms with van der Waals surface area (Å²) in [5.74, 6) is 2.01. The molecular formula is C11H18N2O. The molecule has 0 N–H and O–H groups in total. The average Bonchev–Trinajstić information content (AvgIpc) is 2.45. The zero-order chi connectivity index (χ0) is 10.1. The molecule has 0 fully saturated rings. The lowest BCUT2D eigenvalue weighted by atomic mass is 10.0. The van der Waals surface area contributed by atoms with Gasteiger partial charge >= 0.3 is 0 Å². The zero-order valence-corrected chi connectivity index (χ0v) is 9.21. The van der Waals surface area contributed by atoms with E-state index in [1.54, 1.807) is 7.11 Å². The van der Waals surface area contributed by atoms with E-state index >= 15 is 0 Å². The van der Waals surface area contributed by atoms with E-state index in [1.807, 2.05) is 0 Å². The smallest absolute Gasteiger partial charge is 0.109 e. The lowest BCUT2D eigenvalue weighted by molar-refractivity contribution is 0.174. The van der Waals surface area contributed by atoms with Gasteiger partial charge in [-0.1, -0.05) is 6.92 Å². The normalized spacial score (nSPS) is 20.9. The van der Waals surface area contributed by atoms with Crippen LogP contribution in [0.15, 0.2) is 0 Å². The lowest BCUT2D eigenvalue weighted by Crippen LogP contribution is -2.20. The summed E-state index contributed by atoms with van der Waals surface area (Å²) in [6, 6.07) is 0. The van der Waals surface area contributed by atoms with Crippen LogP contribution in [0.2, 0.25) is 0 Å². The second-order valence-electron chi connectivity index (χ2n) is 4.25. The molecule has 1 aliphatic heterocycles. The van der Waals surface area contributed by atoms with Crippen molar-refractivity contribution in [2.45, 2.75) is 39.8 Å². The molecule has 2 heterocycles. The molecule has 1 unspecified atom stereocenters. The minimum Gasteiger partial charge on any atom is -0.378 e. The van der Waals surface area contributed by atoms with Crippen LogP contribution in [-0.2, 0) is 24.3 Å². The van der Waals surface area contributed by atoms with E-state index < -0.39 is 0 Å². The van der Waals surface area contributed by atoms with E-state index in [9.17, 15) is 0 Å². The molecular weight excluding hydrogens is 176 g/mol. The Morgan fingerprint density at radius 1 is 1.57 bits per heavy atom. The van der Waals surface area contributed by atoms with Crippen LogP contribution in [0.3, 0.4) is 0 Å². The van der Waals surface area contributed by atoms with Crippen LogP contribution in [-0.4, -0.2) is 16.7 Å². The van der Waals surface area contributed by atoms with E-state index in [-0.39, 0.29) is 0 Å². The summed E-state index contributed by atoms with van der Waals surface area (Å²) >= 11 is 0. The monoisotopic (exact) mass is 194 g/mol. The maximum atomic E-state index is 5.21. The van der Waals surface area contributed by atoms with Crippen LogP contribution in [0.25, 0.3) is 0 Å². The average molecular weight is 194 g/mol. The summed E-state index contributed by atoms with van der Waals surface area (Å²) in [5.41, 5.74) is 2.39. The van der Waals surface area contributed by atoms with Crippen molar-refractivity contribution in [1.29, 1.82) is 0 Å². The van der Waals surface area contributed by atoms with Gasteiger partial charge in [-0.25, -0.2) is 4.98 Å². The summed E-state index contributed by atoms with van der Waals surface area (Å²) < 4.78 is 7.55. The number of rotatable bonds is 2. The molecule has 0 saturated heterocycles. The highest BCUT2D eigenvalue weighted by molar-refractivity contribution is 5.16. The molecule has 1 aliphatic rings. The standard InChI is InChI=1S/C11H18N2O/c1-8-4-5-11-12-9(2)10(7-14-3)13(11)6-8/h8H,4-7H2,1-3H3. The molecule has 0 amide bonds. The number of nitrogens with zero attached hydrogens (tertiary/aromatic N) is 2. The molecule has 0 radical (unpaired) electrons. The van der Waals surface area contributed by atoms with Gasteiger partial charge in [0, 0.05) is 20.1 Å². The van der Waals surface area contributed by atoms with Crippen molar-refractivity contribution in [2.75, 3.05) is 7.11 Å². The van der Waals surface area contributed by atoms with E-state index in [2.05, 4.69) is 23.4 Å². The molecule has 1 aromatic heterocycles. The third-order valence-corrected chi connectivity index (χ3v) is 2.99. The topological polar surface area (TPSA) is 27.1 Å². The largest absolute Gasteiger partial charge is 0.378 e. The van der Waals surface area contributed by atoms with Crippen LogP contribution < -0.4 is 0 Å². The highest BCUT2D eigenvalue weighted by Gasteiger charge is 2.20. The van der Waals surface area contributed by atoms with E-state index in [4.69, 9.17) is 4.74 Å². The van der Waals surface area contributed by atoms with Crippen LogP contribution in [0, 0.1) is 12.8 Å². The Morgan fingerprint density at radius 3 is 3.07 bits per heavy atom. The molecule has 1 atom stereocenters. The maximum absolute atomic E-state index is 5.21. The molecule has 14 heavy (non-hydrogen) atoms. The minimum absolute atomic E-state index is 0.686. The first-order valence-electron chi connectivity index (χ1n) is 5.26. The number of fused-ring (bicyclic) bond motifs is 1. The molecule has 0 bridgehead atoms. The Morgan fingerprint density at radius 2 is 2.36 bits per heavy atom. The van der Waals surface area contributed by atoms with E-state index in [1.165, 1.54) is 17.9 Å². The fourth-order valence-electron chi connectivity index (χ4n) is 2.17. The summed E-state index contributed by atoms with van der Waals surface area (Å²) in [7, 11) is 1.74. The van der Waals surface area contributed by atoms with Gasteiger partial charge in [0.25, 0.3) is 0 Å². The fourth-order valence-corrected chi connectivity index (χ4v) is 2.17. The highest BCUT2D eigenvalue weighted by atomic mass is 16.5. The molecule has 0 aromatic carbocycles. The third kappa shape index (κ3) is 1.57. The van der Waals surface area contributed by atoms with Gasteiger partial charge in [0.2, 0.25) is 0 Å². The van der Waals surface area contributed by atoms with Crippen molar-refractivity contribution < 1.29 is 4.74 Å². The van der Waals surface area contributed by atoms with Gasteiger partial charge in [0.05, 0.1) is 18.0 Å². The first kappa shape index (κ1) is 9.71. The number of hydrogen-bond acceptors (Lipinski definition) is 2. The Balaban J connectivity index is 2.35. The Kier molecular flexibility index (Phi) is 2.59. The molecule has 3 heteroatoms. The summed E-state index contributed by atoms with van der Waals surface area (Å²) in [5, 5.41) is 0. The predicted molar refractivity (Wildman–Crippen MR) is 55.2 cm³/mol. The van der Waals surface area contributed by atoms with Crippen LogP contribution in [0.5, 0.6) is 0 Å². The van der Waals surface area contributed by atoms with Crippen LogP contribution in [0.4, 0.5) is 0 Å². The van der Waals surface area contributed by atoms with Gasteiger partial charge in [-0.2, -0.15) is 0 Å². The second kappa shape index (κ2) is 3.73. The molecule has 2 rings (SSSR count). The summed E-state index contributed by atoms with van der Waals surface area (Å²) in [6.07, 6.45) is 2.38. The van der Waals surface area contributed by atoms with Gasteiger partial charge in [0.15, 0.2) is 0 Å². The van der Waals surface area contributed by atoms with Crippen LogP contribution in [0.1, 0.15) is 30.6 Å². The Bertz CT molecular complexity index is 330. The summed E-state index contributed by atoms with van der Waals surface area (Å²) in [6.45, 7) is 6.17. The SMILES string of the molecule is COCc1c(C)nc2n1CC(C)CC2. The maximum Gasteiger partial charge on any atom is 0.109 e. The predicted octanol–water partition coefficient (Wildman–Crippen LogP) is 1.92.